The first-order chi connectivity index (χ1) is 17.5. The van der Waals surface area contributed by atoms with E-state index in [0.29, 0.717) is 35.6 Å². The fourth-order valence-electron chi connectivity index (χ4n) is 4.90. The number of nitrogens with zero attached hydrogens (tertiary/aromatic N) is 2. The number of hydrogen-bond acceptors (Lipinski definition) is 5. The fraction of sp³-hybridized carbons (Fsp3) is 0.250. The van der Waals surface area contributed by atoms with E-state index in [0.717, 1.165) is 11.1 Å². The fourth-order valence-corrected chi connectivity index (χ4v) is 4.90. The molecule has 0 saturated carbocycles. The van der Waals surface area contributed by atoms with Gasteiger partial charge in [0.1, 0.15) is 23.6 Å². The zero-order chi connectivity index (χ0) is 25.2. The van der Waals surface area contributed by atoms with Gasteiger partial charge in [0.05, 0.1) is 24.6 Å². The highest BCUT2D eigenvalue weighted by atomic mass is 16.5. The minimum absolute atomic E-state index is 0.216. The molecule has 3 aromatic carbocycles. The smallest absolute Gasteiger partial charge is 0.329 e. The lowest BCUT2D eigenvalue weighted by Crippen LogP contribution is -2.45. The Hall–Kier alpha value is -4.33. The van der Waals surface area contributed by atoms with Crippen molar-refractivity contribution in [3.8, 4) is 11.5 Å². The van der Waals surface area contributed by atoms with Crippen LogP contribution in [0.15, 0.2) is 77.6 Å². The molecule has 0 spiro atoms. The van der Waals surface area contributed by atoms with Crippen molar-refractivity contribution in [3.05, 3.63) is 94.4 Å². The number of hydrogen-bond donors (Lipinski definition) is 1. The normalized spacial score (nSPS) is 16.6. The van der Waals surface area contributed by atoms with Crippen molar-refractivity contribution in [2.75, 3.05) is 7.11 Å². The summed E-state index contributed by atoms with van der Waals surface area (Å²) in [6, 6.07) is 22.0. The molecule has 2 atom stereocenters. The van der Waals surface area contributed by atoms with Crippen molar-refractivity contribution in [3.63, 3.8) is 0 Å². The van der Waals surface area contributed by atoms with Crippen molar-refractivity contribution in [1.29, 1.82) is 0 Å². The minimum atomic E-state index is -0.621. The number of nitrogens with one attached hydrogen (secondary N) is 1. The molecule has 4 aromatic rings. The minimum Gasteiger partial charge on any atom is -0.497 e. The van der Waals surface area contributed by atoms with Gasteiger partial charge in [-0.05, 0) is 41.8 Å². The summed E-state index contributed by atoms with van der Waals surface area (Å²) in [6.45, 7) is 0.356. The molecule has 36 heavy (non-hydrogen) atoms. The van der Waals surface area contributed by atoms with Crippen LogP contribution in [0.4, 0.5) is 0 Å². The van der Waals surface area contributed by atoms with Crippen molar-refractivity contribution in [1.82, 2.24) is 14.5 Å². The number of amides is 2. The second kappa shape index (κ2) is 9.73. The van der Waals surface area contributed by atoms with Crippen LogP contribution >= 0.6 is 0 Å². The van der Waals surface area contributed by atoms with Crippen LogP contribution in [-0.4, -0.2) is 28.1 Å². The highest BCUT2D eigenvalue weighted by Crippen LogP contribution is 2.36. The largest absolute Gasteiger partial charge is 0.497 e. The zero-order valence-electron chi connectivity index (χ0n) is 20.1. The lowest BCUT2D eigenvalue weighted by molar-refractivity contribution is -0.137. The Bertz CT molecular complexity index is 1470. The molecule has 8 heteroatoms. The molecular weight excluding hydrogens is 458 g/mol. The van der Waals surface area contributed by atoms with Crippen LogP contribution in [0.2, 0.25) is 0 Å². The van der Waals surface area contributed by atoms with E-state index in [1.54, 1.807) is 35.4 Å². The van der Waals surface area contributed by atoms with Crippen LogP contribution in [0.1, 0.15) is 30.0 Å². The molecule has 1 saturated heterocycles. The molecule has 0 radical (unpaired) electrons. The quantitative estimate of drug-likeness (QED) is 0.404. The Morgan fingerprint density at radius 2 is 1.72 bits per heavy atom. The number of aryl methyl sites for hydroxylation is 1. The number of carbonyl (C=O) groups excluding carboxylic acids is 2. The maximum atomic E-state index is 13.7. The van der Waals surface area contributed by atoms with Gasteiger partial charge in [0.2, 0.25) is 11.8 Å². The predicted molar refractivity (Wildman–Crippen MR) is 135 cm³/mol. The number of fused-ring (bicyclic) bond motifs is 1. The standard InChI is InChI=1S/C28H27N3O5/c1-30-26-22(9-6-10-23(26)36-17-18-7-4-3-5-8-18)31(28(30)34)25(19-11-13-20(35-2)14-12-19)21-15-16-24(32)29-27(21)33/h3-14,21,25H,15-17H2,1-2H3,(H,29,32,33). The first kappa shape index (κ1) is 23.4. The average Bonchev–Trinajstić information content (AvgIpc) is 3.15. The van der Waals surface area contributed by atoms with E-state index in [1.165, 1.54) is 0 Å². The topological polar surface area (TPSA) is 91.6 Å². The number of aromatic nitrogens is 2. The third-order valence-electron chi connectivity index (χ3n) is 6.70. The third-order valence-corrected chi connectivity index (χ3v) is 6.70. The third kappa shape index (κ3) is 4.26. The molecule has 0 bridgehead atoms. The second-order valence-electron chi connectivity index (χ2n) is 8.89. The number of methoxy groups -OCH3 is 1. The molecule has 2 amide bonds. The average molecular weight is 486 g/mol. The maximum Gasteiger partial charge on any atom is 0.329 e. The first-order valence-corrected chi connectivity index (χ1v) is 11.8. The Balaban J connectivity index is 1.64. The van der Waals surface area contributed by atoms with Crippen LogP contribution in [-0.2, 0) is 23.2 Å². The van der Waals surface area contributed by atoms with Gasteiger partial charge in [0, 0.05) is 13.5 Å². The van der Waals surface area contributed by atoms with E-state index in [-0.39, 0.29) is 23.9 Å². The van der Waals surface area contributed by atoms with Crippen LogP contribution in [0.25, 0.3) is 11.0 Å². The van der Waals surface area contributed by atoms with Crippen molar-refractivity contribution >= 4 is 22.8 Å². The Morgan fingerprint density at radius 1 is 0.972 bits per heavy atom. The van der Waals surface area contributed by atoms with Crippen molar-refractivity contribution in [2.24, 2.45) is 13.0 Å². The summed E-state index contributed by atoms with van der Waals surface area (Å²) in [6.07, 6.45) is 0.558. The second-order valence-corrected chi connectivity index (χ2v) is 8.89. The molecule has 1 aliphatic heterocycles. The summed E-state index contributed by atoms with van der Waals surface area (Å²) in [7, 11) is 3.28. The highest BCUT2D eigenvalue weighted by Gasteiger charge is 2.37. The van der Waals surface area contributed by atoms with Gasteiger partial charge in [-0.25, -0.2) is 4.79 Å². The summed E-state index contributed by atoms with van der Waals surface area (Å²) < 4.78 is 14.6. The van der Waals surface area contributed by atoms with Crippen LogP contribution in [0.3, 0.4) is 0 Å². The number of piperidine rings is 1. The van der Waals surface area contributed by atoms with Crippen LogP contribution in [0, 0.1) is 5.92 Å². The van der Waals surface area contributed by atoms with Gasteiger partial charge < -0.3 is 9.47 Å². The Labute approximate surface area is 208 Å². The summed E-state index contributed by atoms with van der Waals surface area (Å²) in [5.41, 5.74) is 2.81. The number of ether oxygens (including phenoxy) is 2. The molecule has 184 valence electrons. The highest BCUT2D eigenvalue weighted by molar-refractivity contribution is 5.99. The molecule has 1 aromatic heterocycles. The molecule has 2 heterocycles. The van der Waals surface area contributed by atoms with Gasteiger partial charge in [0.25, 0.3) is 0 Å². The van der Waals surface area contributed by atoms with E-state index in [2.05, 4.69) is 5.32 Å². The first-order valence-electron chi connectivity index (χ1n) is 11.8. The van der Waals surface area contributed by atoms with E-state index in [4.69, 9.17) is 9.47 Å². The monoisotopic (exact) mass is 485 g/mol. The number of para-hydroxylation sites is 1. The van der Waals surface area contributed by atoms with E-state index in [9.17, 15) is 14.4 Å². The van der Waals surface area contributed by atoms with Gasteiger partial charge in [-0.1, -0.05) is 48.5 Å². The molecule has 1 aliphatic rings. The lowest BCUT2D eigenvalue weighted by atomic mass is 9.86. The molecule has 0 aliphatic carbocycles. The van der Waals surface area contributed by atoms with Gasteiger partial charge >= 0.3 is 5.69 Å². The number of rotatable bonds is 7. The van der Waals surface area contributed by atoms with Gasteiger partial charge in [-0.2, -0.15) is 0 Å². The zero-order valence-corrected chi connectivity index (χ0v) is 20.1. The summed E-state index contributed by atoms with van der Waals surface area (Å²) in [5.74, 6) is -0.0403. The molecule has 1 N–H and O–H groups in total. The number of imide groups is 1. The van der Waals surface area contributed by atoms with Gasteiger partial charge in [-0.15, -0.1) is 0 Å². The summed E-state index contributed by atoms with van der Waals surface area (Å²) in [5, 5.41) is 2.45. The van der Waals surface area contributed by atoms with Crippen molar-refractivity contribution in [2.45, 2.75) is 25.5 Å². The summed E-state index contributed by atoms with van der Waals surface area (Å²) >= 11 is 0. The maximum absolute atomic E-state index is 13.7. The van der Waals surface area contributed by atoms with Gasteiger partial charge in [-0.3, -0.25) is 24.0 Å². The Morgan fingerprint density at radius 3 is 2.42 bits per heavy atom. The van der Waals surface area contributed by atoms with E-state index in [1.807, 2.05) is 60.7 Å². The van der Waals surface area contributed by atoms with Crippen LogP contribution < -0.4 is 20.5 Å². The van der Waals surface area contributed by atoms with Crippen molar-refractivity contribution < 1.29 is 19.1 Å². The number of imidazole rings is 1. The lowest BCUT2D eigenvalue weighted by Gasteiger charge is -2.30. The Kier molecular flexibility index (Phi) is 6.33. The molecular formula is C28H27N3O5. The van der Waals surface area contributed by atoms with Crippen LogP contribution in [0.5, 0.6) is 11.5 Å². The number of benzene rings is 3. The molecule has 8 nitrogen and oxygen atoms in total. The molecule has 2 unspecified atom stereocenters. The number of carbonyl (C=O) groups is 2. The summed E-state index contributed by atoms with van der Waals surface area (Å²) in [4.78, 5) is 38.6. The van der Waals surface area contributed by atoms with Gasteiger partial charge in [0.15, 0.2) is 0 Å². The van der Waals surface area contributed by atoms with E-state index < -0.39 is 12.0 Å². The molecule has 1 fully saturated rings. The van der Waals surface area contributed by atoms with E-state index >= 15 is 0 Å². The molecule has 5 rings (SSSR count). The predicted octanol–water partition coefficient (Wildman–Crippen LogP) is 3.57. The SMILES string of the molecule is COc1ccc(C(C2CCC(=O)NC2=O)n2c(=O)n(C)c3c(OCc4ccccc4)cccc32)cc1.